The van der Waals surface area contributed by atoms with Crippen molar-refractivity contribution in [1.82, 2.24) is 10.2 Å². The molecule has 0 bridgehead atoms. The van der Waals surface area contributed by atoms with Gasteiger partial charge < -0.3 is 19.9 Å². The van der Waals surface area contributed by atoms with Gasteiger partial charge >= 0.3 is 0 Å². The van der Waals surface area contributed by atoms with Crippen LogP contribution in [-0.2, 0) is 11.2 Å². The minimum Gasteiger partial charge on any atom is -0.492 e. The van der Waals surface area contributed by atoms with Crippen LogP contribution in [0.1, 0.15) is 18.4 Å². The average Bonchev–Trinajstić information content (AvgIpc) is 2.59. The van der Waals surface area contributed by atoms with E-state index in [2.05, 4.69) is 10.2 Å². The van der Waals surface area contributed by atoms with Gasteiger partial charge in [-0.1, -0.05) is 12.1 Å². The van der Waals surface area contributed by atoms with Crippen molar-refractivity contribution in [3.05, 3.63) is 29.8 Å². The monoisotopic (exact) mass is 320 g/mol. The molecule has 0 aromatic heterocycles. The lowest BCUT2D eigenvalue weighted by atomic mass is 9.90. The van der Waals surface area contributed by atoms with Crippen LogP contribution in [0, 0.1) is 0 Å². The maximum absolute atomic E-state index is 8.92. The first-order valence-corrected chi connectivity index (χ1v) is 8.69. The van der Waals surface area contributed by atoms with Crippen LogP contribution in [0.5, 0.6) is 5.75 Å². The molecule has 23 heavy (non-hydrogen) atoms. The predicted molar refractivity (Wildman–Crippen MR) is 90.0 cm³/mol. The van der Waals surface area contributed by atoms with Crippen LogP contribution in [0.4, 0.5) is 0 Å². The maximum Gasteiger partial charge on any atom is 0.119 e. The minimum absolute atomic E-state index is 0.0815. The van der Waals surface area contributed by atoms with Crippen LogP contribution in [-0.4, -0.2) is 68.2 Å². The summed E-state index contributed by atoms with van der Waals surface area (Å²) in [5.41, 5.74) is 1.22. The highest BCUT2D eigenvalue weighted by atomic mass is 16.5. The molecule has 2 aliphatic rings. The Morgan fingerprint density at radius 2 is 2.00 bits per heavy atom. The molecule has 2 aliphatic heterocycles. The first-order valence-electron chi connectivity index (χ1n) is 8.69. The van der Waals surface area contributed by atoms with E-state index in [0.29, 0.717) is 13.0 Å². The van der Waals surface area contributed by atoms with E-state index in [1.54, 1.807) is 0 Å². The molecule has 0 radical (unpaired) electrons. The summed E-state index contributed by atoms with van der Waals surface area (Å²) in [5, 5.41) is 12.4. The molecule has 2 N–H and O–H groups in total. The number of piperidine rings is 1. The fourth-order valence-corrected chi connectivity index (χ4v) is 3.39. The quantitative estimate of drug-likeness (QED) is 0.821. The number of aliphatic hydroxyl groups excluding tert-OH is 1. The van der Waals surface area contributed by atoms with Gasteiger partial charge in [0.2, 0.25) is 0 Å². The number of hydrogen-bond acceptors (Lipinski definition) is 5. The third-order valence-corrected chi connectivity index (χ3v) is 4.90. The molecule has 0 unspecified atom stereocenters. The van der Waals surface area contributed by atoms with Crippen LogP contribution in [0.3, 0.4) is 0 Å². The molecule has 2 heterocycles. The molecule has 1 aromatic rings. The van der Waals surface area contributed by atoms with Gasteiger partial charge in [-0.05, 0) is 37.0 Å². The van der Waals surface area contributed by atoms with E-state index in [1.165, 1.54) is 0 Å². The second-order valence-electron chi connectivity index (χ2n) is 6.52. The van der Waals surface area contributed by atoms with Gasteiger partial charge in [0.25, 0.3) is 0 Å². The van der Waals surface area contributed by atoms with E-state index < -0.39 is 0 Å². The smallest absolute Gasteiger partial charge is 0.119 e. The predicted octanol–water partition coefficient (Wildman–Crippen LogP) is 1.05. The van der Waals surface area contributed by atoms with Gasteiger partial charge in [-0.3, -0.25) is 4.90 Å². The lowest BCUT2D eigenvalue weighted by Crippen LogP contribution is -2.55. The van der Waals surface area contributed by atoms with E-state index in [9.17, 15) is 0 Å². The van der Waals surface area contributed by atoms with Crippen molar-refractivity contribution >= 4 is 0 Å². The van der Waals surface area contributed by atoms with Gasteiger partial charge in [-0.25, -0.2) is 0 Å². The molecule has 0 aliphatic carbocycles. The van der Waals surface area contributed by atoms with E-state index in [1.807, 2.05) is 24.3 Å². The normalized spacial score (nSPS) is 21.4. The fourth-order valence-electron chi connectivity index (χ4n) is 3.39. The molecule has 3 rings (SSSR count). The van der Waals surface area contributed by atoms with Gasteiger partial charge in [0, 0.05) is 39.3 Å². The molecular weight excluding hydrogens is 292 g/mol. The average molecular weight is 320 g/mol. The summed E-state index contributed by atoms with van der Waals surface area (Å²) in [5.74, 6) is 0.903. The van der Waals surface area contributed by atoms with Crippen molar-refractivity contribution < 1.29 is 14.6 Å². The molecule has 2 fully saturated rings. The Labute approximate surface area is 138 Å². The Hall–Kier alpha value is -1.14. The van der Waals surface area contributed by atoms with E-state index in [-0.39, 0.29) is 12.2 Å². The second-order valence-corrected chi connectivity index (χ2v) is 6.52. The number of nitrogens with one attached hydrogen (secondary N) is 1. The Morgan fingerprint density at radius 3 is 2.65 bits per heavy atom. The van der Waals surface area contributed by atoms with Crippen molar-refractivity contribution in [2.45, 2.75) is 24.9 Å². The molecule has 0 saturated carbocycles. The summed E-state index contributed by atoms with van der Waals surface area (Å²) < 4.78 is 11.9. The highest BCUT2D eigenvalue weighted by molar-refractivity contribution is 5.27. The van der Waals surface area contributed by atoms with Crippen molar-refractivity contribution in [2.24, 2.45) is 0 Å². The van der Waals surface area contributed by atoms with Crippen molar-refractivity contribution in [3.63, 3.8) is 0 Å². The number of likely N-dealkylation sites (tertiary alicyclic amines) is 1. The Morgan fingerprint density at radius 1 is 1.22 bits per heavy atom. The lowest BCUT2D eigenvalue weighted by Gasteiger charge is -2.44. The summed E-state index contributed by atoms with van der Waals surface area (Å²) in [6.07, 6.45) is 2.92. The number of hydrogen-bond donors (Lipinski definition) is 2. The van der Waals surface area contributed by atoms with Gasteiger partial charge in [0.1, 0.15) is 12.4 Å². The largest absolute Gasteiger partial charge is 0.492 e. The molecular formula is C18H28N2O3. The van der Waals surface area contributed by atoms with Gasteiger partial charge in [0.05, 0.1) is 12.2 Å². The zero-order chi connectivity index (χ0) is 16.0. The van der Waals surface area contributed by atoms with E-state index in [4.69, 9.17) is 14.6 Å². The number of benzene rings is 1. The molecule has 1 spiro atoms. The maximum atomic E-state index is 8.92. The zero-order valence-corrected chi connectivity index (χ0v) is 13.8. The zero-order valence-electron chi connectivity index (χ0n) is 13.8. The van der Waals surface area contributed by atoms with Crippen molar-refractivity contribution in [1.29, 1.82) is 0 Å². The fraction of sp³-hybridized carbons (Fsp3) is 0.667. The summed E-state index contributed by atoms with van der Waals surface area (Å²) >= 11 is 0. The van der Waals surface area contributed by atoms with Crippen molar-refractivity contribution in [2.75, 3.05) is 52.5 Å². The van der Waals surface area contributed by atoms with Crippen molar-refractivity contribution in [3.8, 4) is 5.75 Å². The van der Waals surface area contributed by atoms with Gasteiger partial charge in [0.15, 0.2) is 0 Å². The van der Waals surface area contributed by atoms with E-state index >= 15 is 0 Å². The molecule has 5 heteroatoms. The molecule has 1 aromatic carbocycles. The molecule has 0 atom stereocenters. The van der Waals surface area contributed by atoms with Crippen LogP contribution in [0.15, 0.2) is 24.3 Å². The minimum atomic E-state index is 0.0815. The Balaban J connectivity index is 1.36. The van der Waals surface area contributed by atoms with Crippen LogP contribution < -0.4 is 10.1 Å². The Kier molecular flexibility index (Phi) is 5.89. The van der Waals surface area contributed by atoms with Gasteiger partial charge in [-0.2, -0.15) is 0 Å². The number of rotatable bonds is 6. The van der Waals surface area contributed by atoms with Crippen LogP contribution >= 0.6 is 0 Å². The first kappa shape index (κ1) is 16.7. The van der Waals surface area contributed by atoms with Crippen LogP contribution in [0.25, 0.3) is 0 Å². The molecule has 5 nitrogen and oxygen atoms in total. The summed E-state index contributed by atoms with van der Waals surface area (Å²) in [7, 11) is 0. The van der Waals surface area contributed by atoms with E-state index in [0.717, 1.165) is 63.5 Å². The summed E-state index contributed by atoms with van der Waals surface area (Å²) in [6.45, 7) is 6.85. The first-order chi connectivity index (χ1) is 11.3. The second kappa shape index (κ2) is 8.11. The van der Waals surface area contributed by atoms with Gasteiger partial charge in [-0.15, -0.1) is 0 Å². The Bertz CT molecular complexity index is 462. The topological polar surface area (TPSA) is 54.0 Å². The standard InChI is InChI=1S/C18H28N2O3/c21-12-5-16-1-3-17(4-2-16)22-14-11-20-9-6-18(7-10-20)15-19-8-13-23-18/h1-4,19,21H,5-15H2. The number of ether oxygens (including phenoxy) is 2. The number of nitrogens with zero attached hydrogens (tertiary/aromatic N) is 1. The summed E-state index contributed by atoms with van der Waals surface area (Å²) in [6, 6.07) is 8.00. The summed E-state index contributed by atoms with van der Waals surface area (Å²) in [4.78, 5) is 2.46. The third-order valence-electron chi connectivity index (χ3n) is 4.90. The molecule has 128 valence electrons. The molecule has 2 saturated heterocycles. The molecule has 0 amide bonds. The highest BCUT2D eigenvalue weighted by Gasteiger charge is 2.36. The SMILES string of the molecule is OCCc1ccc(OCCN2CCC3(CC2)CNCCO3)cc1. The van der Waals surface area contributed by atoms with Crippen LogP contribution in [0.2, 0.25) is 0 Å². The highest BCUT2D eigenvalue weighted by Crippen LogP contribution is 2.27. The third kappa shape index (κ3) is 4.67. The number of morpholine rings is 1. The lowest BCUT2D eigenvalue weighted by molar-refractivity contribution is -0.100. The number of aliphatic hydroxyl groups is 1.